The molecule has 0 spiro atoms. The monoisotopic (exact) mass is 465 g/mol. The highest BCUT2D eigenvalue weighted by Gasteiger charge is 2.20. The maximum atomic E-state index is 12.8. The Morgan fingerprint density at radius 3 is 2.74 bits per heavy atom. The molecule has 3 N–H and O–H groups in total. The van der Waals surface area contributed by atoms with Gasteiger partial charge in [0.1, 0.15) is 11.6 Å². The lowest BCUT2D eigenvalue weighted by Gasteiger charge is -2.29. The topological polar surface area (TPSA) is 90.0 Å². The molecule has 1 atom stereocenters. The van der Waals surface area contributed by atoms with E-state index in [0.29, 0.717) is 32.1 Å². The van der Waals surface area contributed by atoms with Crippen molar-refractivity contribution in [2.75, 3.05) is 61.5 Å². The number of morpholine rings is 1. The lowest BCUT2D eigenvalue weighted by molar-refractivity contribution is 0.122. The third kappa shape index (κ3) is 5.69. The van der Waals surface area contributed by atoms with Crippen molar-refractivity contribution in [2.24, 2.45) is 0 Å². The van der Waals surface area contributed by atoms with Crippen molar-refractivity contribution in [2.45, 2.75) is 33.2 Å². The molecule has 3 heterocycles. The molecule has 1 fully saturated rings. The van der Waals surface area contributed by atoms with Gasteiger partial charge >= 0.3 is 6.03 Å². The van der Waals surface area contributed by atoms with Gasteiger partial charge in [0.05, 0.1) is 19.8 Å². The minimum absolute atomic E-state index is 0.0183. The van der Waals surface area contributed by atoms with Gasteiger partial charge in [-0.2, -0.15) is 0 Å². The highest BCUT2D eigenvalue weighted by atomic mass is 16.5. The summed E-state index contributed by atoms with van der Waals surface area (Å²) in [6, 6.07) is 9.88. The van der Waals surface area contributed by atoms with Crippen LogP contribution in [0.5, 0.6) is 0 Å². The van der Waals surface area contributed by atoms with Crippen molar-refractivity contribution in [1.82, 2.24) is 9.88 Å². The van der Waals surface area contributed by atoms with Crippen molar-refractivity contribution < 1.29 is 14.6 Å². The fourth-order valence-electron chi connectivity index (χ4n) is 4.24. The summed E-state index contributed by atoms with van der Waals surface area (Å²) in [5.41, 5.74) is 5.20. The van der Waals surface area contributed by atoms with E-state index in [1.54, 1.807) is 0 Å². The van der Waals surface area contributed by atoms with Gasteiger partial charge in [0.15, 0.2) is 0 Å². The molecule has 0 saturated carbocycles. The zero-order valence-electron chi connectivity index (χ0n) is 20.3. The van der Waals surface area contributed by atoms with Gasteiger partial charge in [0.25, 0.3) is 0 Å². The minimum atomic E-state index is -0.117. The second-order valence-corrected chi connectivity index (χ2v) is 8.98. The van der Waals surface area contributed by atoms with Crippen LogP contribution in [-0.2, 0) is 4.74 Å². The second kappa shape index (κ2) is 10.9. The van der Waals surface area contributed by atoms with E-state index >= 15 is 0 Å². The Hall–Kier alpha value is -3.10. The molecule has 0 aliphatic carbocycles. The first-order valence-electron chi connectivity index (χ1n) is 12.0. The summed E-state index contributed by atoms with van der Waals surface area (Å²) in [5, 5.41) is 15.9. The van der Waals surface area contributed by atoms with E-state index in [9.17, 15) is 9.90 Å². The predicted octanol–water partition coefficient (Wildman–Crippen LogP) is 3.87. The van der Waals surface area contributed by atoms with Gasteiger partial charge in [-0.3, -0.25) is 0 Å². The average molecular weight is 466 g/mol. The van der Waals surface area contributed by atoms with E-state index < -0.39 is 0 Å². The molecule has 1 aromatic heterocycles. The van der Waals surface area contributed by atoms with E-state index in [0.717, 1.165) is 47.7 Å². The number of aliphatic hydroxyl groups excluding tert-OH is 1. The smallest absolute Gasteiger partial charge is 0.322 e. The molecule has 4 rings (SSSR count). The number of rotatable bonds is 7. The quantitative estimate of drug-likeness (QED) is 0.538. The Morgan fingerprint density at radius 2 is 2.03 bits per heavy atom. The molecule has 0 unspecified atom stereocenters. The SMILES string of the molecule is CCC1=CCN(C(=O)Nc2ccc(C)c(-c3cc(N[C@H](C)CO)nc(N4CCOCC4)c3)c2)C1. The number of pyridine rings is 1. The Labute approximate surface area is 201 Å². The zero-order chi connectivity index (χ0) is 24.1. The summed E-state index contributed by atoms with van der Waals surface area (Å²) in [6.45, 7) is 10.4. The van der Waals surface area contributed by atoms with Crippen LogP contribution in [0.3, 0.4) is 0 Å². The van der Waals surface area contributed by atoms with Gasteiger partial charge in [0, 0.05) is 37.9 Å². The van der Waals surface area contributed by atoms with Gasteiger partial charge in [-0.15, -0.1) is 0 Å². The third-order valence-electron chi connectivity index (χ3n) is 6.35. The first-order chi connectivity index (χ1) is 16.5. The van der Waals surface area contributed by atoms with Crippen LogP contribution in [0.15, 0.2) is 42.0 Å². The van der Waals surface area contributed by atoms with Crippen molar-refractivity contribution in [3.63, 3.8) is 0 Å². The largest absolute Gasteiger partial charge is 0.394 e. The number of nitrogens with one attached hydrogen (secondary N) is 2. The molecule has 34 heavy (non-hydrogen) atoms. The van der Waals surface area contributed by atoms with E-state index in [-0.39, 0.29) is 18.7 Å². The third-order valence-corrected chi connectivity index (χ3v) is 6.35. The van der Waals surface area contributed by atoms with Crippen molar-refractivity contribution in [3.8, 4) is 11.1 Å². The number of nitrogens with zero attached hydrogens (tertiary/aromatic N) is 3. The zero-order valence-corrected chi connectivity index (χ0v) is 20.3. The summed E-state index contributed by atoms with van der Waals surface area (Å²) in [6.07, 6.45) is 3.10. The fourth-order valence-corrected chi connectivity index (χ4v) is 4.24. The summed E-state index contributed by atoms with van der Waals surface area (Å²) in [4.78, 5) is 21.6. The van der Waals surface area contributed by atoms with Crippen LogP contribution in [0, 0.1) is 6.92 Å². The number of hydrogen-bond donors (Lipinski definition) is 3. The van der Waals surface area contributed by atoms with Crippen LogP contribution in [0.1, 0.15) is 25.8 Å². The van der Waals surface area contributed by atoms with Gasteiger partial charge in [-0.1, -0.05) is 24.6 Å². The molecule has 8 heteroatoms. The average Bonchev–Trinajstić information content (AvgIpc) is 3.35. The Kier molecular flexibility index (Phi) is 7.70. The van der Waals surface area contributed by atoms with Gasteiger partial charge < -0.3 is 30.3 Å². The molecule has 2 aliphatic rings. The number of benzene rings is 1. The highest BCUT2D eigenvalue weighted by molar-refractivity contribution is 5.91. The van der Waals surface area contributed by atoms with E-state index in [2.05, 4.69) is 41.5 Å². The molecule has 2 aliphatic heterocycles. The number of carbonyl (C=O) groups excluding carboxylic acids is 1. The van der Waals surface area contributed by atoms with Crippen molar-refractivity contribution >= 4 is 23.4 Å². The lowest BCUT2D eigenvalue weighted by Crippen LogP contribution is -2.37. The number of urea groups is 1. The van der Waals surface area contributed by atoms with Gasteiger partial charge in [-0.05, 0) is 61.2 Å². The molecule has 8 nitrogen and oxygen atoms in total. The maximum absolute atomic E-state index is 12.8. The molecular weight excluding hydrogens is 430 g/mol. The molecule has 0 radical (unpaired) electrons. The standard InChI is InChI=1S/C26H35N5O3/c1-4-20-7-8-31(16-20)26(33)28-22-6-5-18(2)23(15-22)21-13-24(27-19(3)17-32)29-25(14-21)30-9-11-34-12-10-30/h5-7,13-15,19,32H,4,8-12,16-17H2,1-3H3,(H,27,29)(H,28,33)/t19-/m1/s1. The Bertz CT molecular complexity index is 1050. The molecule has 182 valence electrons. The molecule has 0 bridgehead atoms. The summed E-state index contributed by atoms with van der Waals surface area (Å²) < 4.78 is 5.51. The van der Waals surface area contributed by atoms with E-state index in [1.807, 2.05) is 36.1 Å². The maximum Gasteiger partial charge on any atom is 0.322 e. The van der Waals surface area contributed by atoms with Crippen LogP contribution >= 0.6 is 0 Å². The van der Waals surface area contributed by atoms with Crippen molar-refractivity contribution in [3.05, 3.63) is 47.5 Å². The highest BCUT2D eigenvalue weighted by Crippen LogP contribution is 2.32. The molecular formula is C26H35N5O3. The fraction of sp³-hybridized carbons (Fsp3) is 0.462. The normalized spacial score (nSPS) is 16.9. The van der Waals surface area contributed by atoms with Crippen LogP contribution in [0.25, 0.3) is 11.1 Å². The number of ether oxygens (including phenoxy) is 1. The summed E-state index contributed by atoms with van der Waals surface area (Å²) >= 11 is 0. The Balaban J connectivity index is 1.61. The first kappa shape index (κ1) is 24.0. The second-order valence-electron chi connectivity index (χ2n) is 8.98. The molecule has 1 saturated heterocycles. The van der Waals surface area contributed by atoms with Crippen LogP contribution in [0.4, 0.5) is 22.1 Å². The van der Waals surface area contributed by atoms with Crippen LogP contribution < -0.4 is 15.5 Å². The molecule has 2 aromatic rings. The van der Waals surface area contributed by atoms with Crippen LogP contribution in [0.2, 0.25) is 0 Å². The summed E-state index contributed by atoms with van der Waals surface area (Å²) in [5.74, 6) is 1.59. The minimum Gasteiger partial charge on any atom is -0.394 e. The number of amides is 2. The summed E-state index contributed by atoms with van der Waals surface area (Å²) in [7, 11) is 0. The van der Waals surface area contributed by atoms with Gasteiger partial charge in [-0.25, -0.2) is 9.78 Å². The number of anilines is 3. The molecule has 1 aromatic carbocycles. The van der Waals surface area contributed by atoms with Crippen molar-refractivity contribution in [1.29, 1.82) is 0 Å². The Morgan fingerprint density at radius 1 is 1.24 bits per heavy atom. The number of aliphatic hydroxyl groups is 1. The van der Waals surface area contributed by atoms with E-state index in [4.69, 9.17) is 9.72 Å². The first-order valence-corrected chi connectivity index (χ1v) is 12.0. The number of carbonyl (C=O) groups is 1. The van der Waals surface area contributed by atoms with Crippen LogP contribution in [-0.4, -0.2) is 73.1 Å². The lowest BCUT2D eigenvalue weighted by atomic mass is 10.00. The predicted molar refractivity (Wildman–Crippen MR) is 137 cm³/mol. The number of aromatic nitrogens is 1. The van der Waals surface area contributed by atoms with Gasteiger partial charge in [0.2, 0.25) is 0 Å². The number of hydrogen-bond acceptors (Lipinski definition) is 6. The van der Waals surface area contributed by atoms with E-state index in [1.165, 1.54) is 5.57 Å². The number of aryl methyl sites for hydroxylation is 1. The molecule has 2 amide bonds.